The molecule has 1 N–H and O–H groups in total. The molecule has 1 aromatic rings. The molecule has 0 bridgehead atoms. The second-order valence-electron chi connectivity index (χ2n) is 1.47. The third-order valence-electron chi connectivity index (χ3n) is 0.884. The first-order valence-electron chi connectivity index (χ1n) is 2.50. The Morgan fingerprint density at radius 2 is 2.67 bits per heavy atom. The highest BCUT2D eigenvalue weighted by Gasteiger charge is 1.92. The van der Waals surface area contributed by atoms with Gasteiger partial charge in [0, 0.05) is 12.4 Å². The summed E-state index contributed by atoms with van der Waals surface area (Å²) in [4.78, 5) is 4.15. The van der Waals surface area contributed by atoms with Crippen LogP contribution in [0.3, 0.4) is 0 Å². The Kier molecular flexibility index (Phi) is 2.20. The molecular weight excluding hydrogens is 151 g/mol. The zero-order valence-electron chi connectivity index (χ0n) is 5.01. The molecule has 1 rings (SSSR count). The van der Waals surface area contributed by atoms with Crippen LogP contribution in [0.5, 0.6) is 0 Å². The maximum absolute atomic E-state index is 4.15. The SMILES string of the molecule is CNc1nc(C=P)cs1. The van der Waals surface area contributed by atoms with Crippen LogP contribution in [0.2, 0.25) is 0 Å². The maximum Gasteiger partial charge on any atom is 0.182 e. The van der Waals surface area contributed by atoms with Crippen LogP contribution < -0.4 is 5.32 Å². The lowest BCUT2D eigenvalue weighted by Gasteiger charge is -1.85. The van der Waals surface area contributed by atoms with E-state index >= 15 is 0 Å². The third-order valence-corrected chi connectivity index (χ3v) is 2.06. The molecule has 1 aromatic heterocycles. The van der Waals surface area contributed by atoms with E-state index in [0.717, 1.165) is 10.8 Å². The van der Waals surface area contributed by atoms with Crippen LogP contribution in [0.4, 0.5) is 5.13 Å². The minimum atomic E-state index is 0.944. The van der Waals surface area contributed by atoms with E-state index in [1.807, 2.05) is 12.4 Å². The van der Waals surface area contributed by atoms with E-state index in [1.165, 1.54) is 0 Å². The highest BCUT2D eigenvalue weighted by Crippen LogP contribution is 2.12. The van der Waals surface area contributed by atoms with Gasteiger partial charge in [-0.25, -0.2) is 4.98 Å². The first-order valence-corrected chi connectivity index (χ1v) is 3.96. The lowest BCUT2D eigenvalue weighted by Crippen LogP contribution is -1.86. The average molecular weight is 158 g/mol. The van der Waals surface area contributed by atoms with Crippen molar-refractivity contribution in [2.24, 2.45) is 0 Å². The summed E-state index contributed by atoms with van der Waals surface area (Å²) >= 11 is 1.59. The fourth-order valence-corrected chi connectivity index (χ4v) is 1.37. The normalized spacial score (nSPS) is 9.00. The zero-order chi connectivity index (χ0) is 6.69. The average Bonchev–Trinajstić information content (AvgIpc) is 2.34. The smallest absolute Gasteiger partial charge is 0.182 e. The fourth-order valence-electron chi connectivity index (χ4n) is 0.467. The van der Waals surface area contributed by atoms with Crippen molar-refractivity contribution in [1.29, 1.82) is 0 Å². The molecule has 0 amide bonds. The Morgan fingerprint density at radius 3 is 3.00 bits per heavy atom. The number of anilines is 1. The van der Waals surface area contributed by atoms with Crippen LogP contribution in [-0.2, 0) is 0 Å². The van der Waals surface area contributed by atoms with Crippen LogP contribution in [0, 0.1) is 0 Å². The second kappa shape index (κ2) is 2.95. The first-order chi connectivity index (χ1) is 4.36. The molecule has 0 unspecified atom stereocenters. The Hall–Kier alpha value is -0.400. The van der Waals surface area contributed by atoms with Crippen LogP contribution in [0.25, 0.3) is 0 Å². The summed E-state index contributed by atoms with van der Waals surface area (Å²) in [6.45, 7) is 0. The molecule has 0 atom stereocenters. The Bertz CT molecular complexity index is 208. The number of aromatic nitrogens is 1. The van der Waals surface area contributed by atoms with Gasteiger partial charge in [0.2, 0.25) is 0 Å². The van der Waals surface area contributed by atoms with E-state index < -0.39 is 0 Å². The number of nitrogens with zero attached hydrogens (tertiary/aromatic N) is 1. The minimum Gasteiger partial charge on any atom is -0.365 e. The van der Waals surface area contributed by atoms with Crippen molar-refractivity contribution in [2.75, 3.05) is 12.4 Å². The molecule has 0 saturated heterocycles. The molecule has 0 aromatic carbocycles. The van der Waals surface area contributed by atoms with Crippen molar-refractivity contribution in [1.82, 2.24) is 4.98 Å². The Morgan fingerprint density at radius 1 is 1.89 bits per heavy atom. The van der Waals surface area contributed by atoms with Gasteiger partial charge >= 0.3 is 0 Å². The largest absolute Gasteiger partial charge is 0.365 e. The maximum atomic E-state index is 4.15. The summed E-state index contributed by atoms with van der Waals surface area (Å²) in [5.74, 6) is 1.79. The van der Waals surface area contributed by atoms with E-state index in [1.54, 1.807) is 17.1 Å². The molecule has 0 radical (unpaired) electrons. The lowest BCUT2D eigenvalue weighted by atomic mass is 10.6. The van der Waals surface area contributed by atoms with E-state index in [4.69, 9.17) is 0 Å². The predicted molar refractivity (Wildman–Crippen MR) is 45.1 cm³/mol. The molecule has 0 aliphatic heterocycles. The van der Waals surface area contributed by atoms with Crippen LogP contribution in [0.1, 0.15) is 5.69 Å². The summed E-state index contributed by atoms with van der Waals surface area (Å²) in [6, 6.07) is 0. The molecule has 4 heteroatoms. The first kappa shape index (κ1) is 6.72. The van der Waals surface area contributed by atoms with Crippen LogP contribution >= 0.6 is 20.2 Å². The number of rotatable bonds is 2. The van der Waals surface area contributed by atoms with Crippen molar-refractivity contribution < 1.29 is 0 Å². The molecule has 0 aliphatic rings. The van der Waals surface area contributed by atoms with Crippen molar-refractivity contribution >= 4 is 31.1 Å². The van der Waals surface area contributed by atoms with Gasteiger partial charge in [-0.15, -0.1) is 20.2 Å². The van der Waals surface area contributed by atoms with Crippen molar-refractivity contribution in [2.45, 2.75) is 0 Å². The minimum absolute atomic E-state index is 0.944. The van der Waals surface area contributed by atoms with E-state index in [0.29, 0.717) is 0 Å². The summed E-state index contributed by atoms with van der Waals surface area (Å²) in [5, 5.41) is 5.86. The molecule has 0 aliphatic carbocycles. The standard InChI is InChI=1S/C5H7N2PS/c1-6-5-7-4(2-8)3-9-5/h2-3,8H,1H3,(H,6,7). The van der Waals surface area contributed by atoms with Gasteiger partial charge in [0.1, 0.15) is 0 Å². The van der Waals surface area contributed by atoms with Crippen molar-refractivity contribution in [3.63, 3.8) is 0 Å². The van der Waals surface area contributed by atoms with Crippen molar-refractivity contribution in [3.05, 3.63) is 11.1 Å². The molecule has 0 saturated carbocycles. The summed E-state index contributed by atoms with van der Waals surface area (Å²) in [7, 11) is 5.09. The highest BCUT2D eigenvalue weighted by molar-refractivity contribution is 7.19. The van der Waals surface area contributed by atoms with E-state index in [9.17, 15) is 0 Å². The monoisotopic (exact) mass is 158 g/mol. The van der Waals surface area contributed by atoms with Gasteiger partial charge in [0.05, 0.1) is 5.69 Å². The van der Waals surface area contributed by atoms with Crippen LogP contribution in [-0.4, -0.2) is 17.8 Å². The van der Waals surface area contributed by atoms with Crippen molar-refractivity contribution in [3.8, 4) is 0 Å². The second-order valence-corrected chi connectivity index (χ2v) is 2.62. The van der Waals surface area contributed by atoms with Crippen LogP contribution in [0.15, 0.2) is 5.38 Å². The summed E-state index contributed by atoms with van der Waals surface area (Å²) in [5.41, 5.74) is 0.959. The Labute approximate surface area is 60.2 Å². The topological polar surface area (TPSA) is 24.9 Å². The number of hydrogen-bond donors (Lipinski definition) is 1. The van der Waals surface area contributed by atoms with Gasteiger partial charge in [-0.3, -0.25) is 0 Å². The quantitative estimate of drug-likeness (QED) is 0.659. The van der Waals surface area contributed by atoms with Gasteiger partial charge in [-0.2, -0.15) is 0 Å². The zero-order valence-corrected chi connectivity index (χ0v) is 6.83. The molecule has 2 nitrogen and oxygen atoms in total. The molecule has 0 fully saturated rings. The predicted octanol–water partition coefficient (Wildman–Crippen LogP) is 1.48. The van der Waals surface area contributed by atoms with E-state index in [2.05, 4.69) is 19.2 Å². The van der Waals surface area contributed by atoms with Gasteiger partial charge in [-0.05, 0) is 5.80 Å². The number of thiazole rings is 1. The van der Waals surface area contributed by atoms with Gasteiger partial charge in [-0.1, -0.05) is 0 Å². The van der Waals surface area contributed by atoms with E-state index in [-0.39, 0.29) is 0 Å². The third kappa shape index (κ3) is 1.50. The number of hydrogen-bond acceptors (Lipinski definition) is 3. The Balaban J connectivity index is 2.86. The highest BCUT2D eigenvalue weighted by atomic mass is 32.1. The molecule has 48 valence electrons. The van der Waals surface area contributed by atoms with Gasteiger partial charge < -0.3 is 5.32 Å². The summed E-state index contributed by atoms with van der Waals surface area (Å²) in [6.07, 6.45) is 0. The fraction of sp³-hybridized carbons (Fsp3) is 0.200. The number of nitrogens with one attached hydrogen (secondary N) is 1. The van der Waals surface area contributed by atoms with Gasteiger partial charge in [0.15, 0.2) is 5.13 Å². The summed E-state index contributed by atoms with van der Waals surface area (Å²) < 4.78 is 0. The molecule has 0 spiro atoms. The molecule has 1 heterocycles. The molecule has 9 heavy (non-hydrogen) atoms. The molecular formula is C5H7N2PS. The van der Waals surface area contributed by atoms with Gasteiger partial charge in [0.25, 0.3) is 0 Å². The lowest BCUT2D eigenvalue weighted by molar-refractivity contribution is 1.35.